The SMILES string of the molecule is N=C1CCCN1c1cc(Cl)c(Cl)cc1Cl. The highest BCUT2D eigenvalue weighted by Crippen LogP contribution is 2.36. The number of hydrogen-bond donors (Lipinski definition) is 1. The highest BCUT2D eigenvalue weighted by Gasteiger charge is 2.21. The van der Waals surface area contributed by atoms with Crippen molar-refractivity contribution in [1.82, 2.24) is 0 Å². The number of nitrogens with zero attached hydrogens (tertiary/aromatic N) is 1. The molecule has 0 bridgehead atoms. The molecule has 1 heterocycles. The van der Waals surface area contributed by atoms with E-state index in [1.165, 1.54) is 0 Å². The van der Waals surface area contributed by atoms with E-state index in [1.54, 1.807) is 12.1 Å². The first-order valence-corrected chi connectivity index (χ1v) is 5.72. The molecule has 15 heavy (non-hydrogen) atoms. The molecule has 0 saturated carbocycles. The number of amidine groups is 1. The van der Waals surface area contributed by atoms with Crippen molar-refractivity contribution in [2.24, 2.45) is 0 Å². The van der Waals surface area contributed by atoms with E-state index in [0.29, 0.717) is 20.9 Å². The van der Waals surface area contributed by atoms with Crippen molar-refractivity contribution in [3.05, 3.63) is 27.2 Å². The normalized spacial score (nSPS) is 16.2. The third-order valence-corrected chi connectivity index (χ3v) is 3.43. The van der Waals surface area contributed by atoms with E-state index in [-0.39, 0.29) is 0 Å². The summed E-state index contributed by atoms with van der Waals surface area (Å²) in [6.07, 6.45) is 1.77. The molecule has 2 nitrogen and oxygen atoms in total. The van der Waals surface area contributed by atoms with Crippen LogP contribution in [0.2, 0.25) is 15.1 Å². The molecule has 2 rings (SSSR count). The maximum atomic E-state index is 7.76. The Bertz CT molecular complexity index is 417. The van der Waals surface area contributed by atoms with E-state index in [4.69, 9.17) is 40.2 Å². The Kier molecular flexibility index (Phi) is 3.10. The molecule has 1 N–H and O–H groups in total. The third-order valence-electron chi connectivity index (χ3n) is 2.40. The Labute approximate surface area is 103 Å². The quantitative estimate of drug-likeness (QED) is 0.755. The number of benzene rings is 1. The van der Waals surface area contributed by atoms with Crippen LogP contribution in [0.1, 0.15) is 12.8 Å². The number of hydrogen-bond acceptors (Lipinski definition) is 1. The third kappa shape index (κ3) is 2.07. The smallest absolute Gasteiger partial charge is 0.100 e. The zero-order chi connectivity index (χ0) is 11.0. The lowest BCUT2D eigenvalue weighted by molar-refractivity contribution is 0.956. The summed E-state index contributed by atoms with van der Waals surface area (Å²) in [4.78, 5) is 1.87. The fraction of sp³-hybridized carbons (Fsp3) is 0.300. The molecule has 1 saturated heterocycles. The van der Waals surface area contributed by atoms with Crippen LogP contribution in [0.3, 0.4) is 0 Å². The molecule has 0 atom stereocenters. The van der Waals surface area contributed by atoms with Crippen molar-refractivity contribution in [2.75, 3.05) is 11.4 Å². The fourth-order valence-electron chi connectivity index (χ4n) is 1.66. The first-order chi connectivity index (χ1) is 7.09. The second-order valence-corrected chi connectivity index (χ2v) is 4.64. The van der Waals surface area contributed by atoms with E-state index in [2.05, 4.69) is 0 Å². The predicted molar refractivity (Wildman–Crippen MR) is 65.8 cm³/mol. The second-order valence-electron chi connectivity index (χ2n) is 3.42. The predicted octanol–water partition coefficient (Wildman–Crippen LogP) is 4.22. The highest BCUT2D eigenvalue weighted by atomic mass is 35.5. The van der Waals surface area contributed by atoms with Gasteiger partial charge in [-0.3, -0.25) is 5.41 Å². The molecule has 5 heteroatoms. The van der Waals surface area contributed by atoms with Crippen molar-refractivity contribution in [3.63, 3.8) is 0 Å². The van der Waals surface area contributed by atoms with Crippen LogP contribution in [0.5, 0.6) is 0 Å². The van der Waals surface area contributed by atoms with Gasteiger partial charge in [-0.05, 0) is 18.6 Å². The lowest BCUT2D eigenvalue weighted by atomic mass is 10.3. The van der Waals surface area contributed by atoms with Crippen LogP contribution < -0.4 is 4.90 Å². The average Bonchev–Trinajstić information content (AvgIpc) is 2.58. The van der Waals surface area contributed by atoms with Crippen LogP contribution in [-0.2, 0) is 0 Å². The van der Waals surface area contributed by atoms with Crippen molar-refractivity contribution < 1.29 is 0 Å². The van der Waals surface area contributed by atoms with Crippen LogP contribution in [-0.4, -0.2) is 12.4 Å². The highest BCUT2D eigenvalue weighted by molar-refractivity contribution is 6.44. The molecule has 80 valence electrons. The first-order valence-electron chi connectivity index (χ1n) is 4.59. The van der Waals surface area contributed by atoms with E-state index < -0.39 is 0 Å². The molecule has 0 aliphatic carbocycles. The van der Waals surface area contributed by atoms with Gasteiger partial charge in [0.25, 0.3) is 0 Å². The second kappa shape index (κ2) is 4.20. The van der Waals surface area contributed by atoms with Gasteiger partial charge in [0, 0.05) is 13.0 Å². The van der Waals surface area contributed by atoms with Crippen molar-refractivity contribution >= 4 is 46.3 Å². The van der Waals surface area contributed by atoms with Gasteiger partial charge in [0.05, 0.1) is 20.8 Å². The van der Waals surface area contributed by atoms with Gasteiger partial charge in [-0.25, -0.2) is 0 Å². The minimum Gasteiger partial charge on any atom is -0.329 e. The Morgan fingerprint density at radius 3 is 2.33 bits per heavy atom. The Hall–Kier alpha value is -0.440. The van der Waals surface area contributed by atoms with Gasteiger partial charge in [0.1, 0.15) is 5.84 Å². The van der Waals surface area contributed by atoms with E-state index in [0.717, 1.165) is 25.1 Å². The summed E-state index contributed by atoms with van der Waals surface area (Å²) in [5.41, 5.74) is 0.772. The van der Waals surface area contributed by atoms with Gasteiger partial charge in [-0.1, -0.05) is 34.8 Å². The average molecular weight is 264 g/mol. The topological polar surface area (TPSA) is 27.1 Å². The molecular weight excluding hydrogens is 254 g/mol. The Morgan fingerprint density at radius 1 is 1.07 bits per heavy atom. The maximum Gasteiger partial charge on any atom is 0.100 e. The van der Waals surface area contributed by atoms with Crippen molar-refractivity contribution in [1.29, 1.82) is 5.41 Å². The largest absolute Gasteiger partial charge is 0.329 e. The molecule has 0 amide bonds. The minimum absolute atomic E-state index is 0.441. The van der Waals surface area contributed by atoms with Gasteiger partial charge in [0.2, 0.25) is 0 Å². The maximum absolute atomic E-state index is 7.76. The van der Waals surface area contributed by atoms with Crippen LogP contribution in [0, 0.1) is 5.41 Å². The Morgan fingerprint density at radius 2 is 1.73 bits per heavy atom. The summed E-state index contributed by atoms with van der Waals surface area (Å²) < 4.78 is 0. The summed E-state index contributed by atoms with van der Waals surface area (Å²) in [5.74, 6) is 0.579. The molecule has 1 aliphatic rings. The minimum atomic E-state index is 0.441. The number of nitrogens with one attached hydrogen (secondary N) is 1. The molecule has 1 aromatic carbocycles. The molecule has 0 spiro atoms. The van der Waals surface area contributed by atoms with Gasteiger partial charge < -0.3 is 4.90 Å². The summed E-state index contributed by atoms with van der Waals surface area (Å²) in [6, 6.07) is 3.33. The number of rotatable bonds is 1. The fourth-order valence-corrected chi connectivity index (χ4v) is 2.30. The van der Waals surface area contributed by atoms with E-state index in [1.807, 2.05) is 4.90 Å². The van der Waals surface area contributed by atoms with Gasteiger partial charge >= 0.3 is 0 Å². The molecule has 0 aromatic heterocycles. The summed E-state index contributed by atoms with van der Waals surface area (Å²) in [7, 11) is 0. The number of halogens is 3. The first kappa shape index (κ1) is 11.1. The molecule has 0 radical (unpaired) electrons. The van der Waals surface area contributed by atoms with Crippen molar-refractivity contribution in [3.8, 4) is 0 Å². The molecule has 1 aromatic rings. The van der Waals surface area contributed by atoms with Gasteiger partial charge in [0.15, 0.2) is 0 Å². The van der Waals surface area contributed by atoms with Crippen LogP contribution >= 0.6 is 34.8 Å². The molecule has 0 unspecified atom stereocenters. The van der Waals surface area contributed by atoms with Crippen LogP contribution in [0.4, 0.5) is 5.69 Å². The summed E-state index contributed by atoms with van der Waals surface area (Å²) in [5, 5.41) is 9.20. The van der Waals surface area contributed by atoms with Crippen LogP contribution in [0.15, 0.2) is 12.1 Å². The standard InChI is InChI=1S/C10H9Cl3N2/c11-6-4-8(13)9(5-7(6)12)15-3-1-2-10(15)14/h4-5,14H,1-3H2. The van der Waals surface area contributed by atoms with Gasteiger partial charge in [-0.2, -0.15) is 0 Å². The zero-order valence-electron chi connectivity index (χ0n) is 7.86. The lowest BCUT2D eigenvalue weighted by Gasteiger charge is -2.19. The van der Waals surface area contributed by atoms with Gasteiger partial charge in [-0.15, -0.1) is 0 Å². The summed E-state index contributed by atoms with van der Waals surface area (Å²) >= 11 is 17.8. The van der Waals surface area contributed by atoms with Crippen LogP contribution in [0.25, 0.3) is 0 Å². The summed E-state index contributed by atoms with van der Waals surface area (Å²) in [6.45, 7) is 0.816. The van der Waals surface area contributed by atoms with E-state index >= 15 is 0 Å². The zero-order valence-corrected chi connectivity index (χ0v) is 10.1. The molecule has 1 fully saturated rings. The monoisotopic (exact) mass is 262 g/mol. The Balaban J connectivity index is 2.43. The molecule has 1 aliphatic heterocycles. The van der Waals surface area contributed by atoms with Crippen molar-refractivity contribution in [2.45, 2.75) is 12.8 Å². The molecular formula is C10H9Cl3N2. The van der Waals surface area contributed by atoms with E-state index in [9.17, 15) is 0 Å². The number of anilines is 1. The lowest BCUT2D eigenvalue weighted by Crippen LogP contribution is -2.23.